The Bertz CT molecular complexity index is 912. The second-order valence-corrected chi connectivity index (χ2v) is 5.53. The van der Waals surface area contributed by atoms with Crippen molar-refractivity contribution >= 4 is 10.9 Å². The van der Waals surface area contributed by atoms with Gasteiger partial charge in [0.1, 0.15) is 5.69 Å². The fourth-order valence-corrected chi connectivity index (χ4v) is 3.03. The number of hydrogen-bond donors (Lipinski definition) is 1. The molecule has 0 saturated carbocycles. The molecule has 4 rings (SSSR count). The number of H-pyrrole nitrogens is 1. The lowest BCUT2D eigenvalue weighted by Crippen LogP contribution is -2.15. The van der Waals surface area contributed by atoms with Gasteiger partial charge in [0, 0.05) is 10.9 Å². The maximum absolute atomic E-state index is 12.1. The van der Waals surface area contributed by atoms with Gasteiger partial charge < -0.3 is 4.98 Å². The maximum Gasteiger partial charge on any atom is 0.254 e. The number of hydrogen-bond acceptors (Lipinski definition) is 3. The van der Waals surface area contributed by atoms with E-state index in [1.54, 1.807) is 0 Å². The lowest BCUT2D eigenvalue weighted by Gasteiger charge is -2.07. The highest BCUT2D eigenvalue weighted by atomic mass is 16.1. The molecule has 0 amide bonds. The van der Waals surface area contributed by atoms with Crippen LogP contribution in [0.2, 0.25) is 0 Å². The van der Waals surface area contributed by atoms with Crippen LogP contribution in [0.15, 0.2) is 35.1 Å². The van der Waals surface area contributed by atoms with Crippen molar-refractivity contribution in [3.8, 4) is 11.5 Å². The molecule has 0 fully saturated rings. The number of nitrogens with one attached hydrogen (secondary N) is 1. The topological polar surface area (TPSA) is 58.6 Å². The Kier molecular flexibility index (Phi) is 2.64. The quantitative estimate of drug-likeness (QED) is 0.744. The van der Waals surface area contributed by atoms with Crippen LogP contribution in [-0.4, -0.2) is 15.0 Å². The Labute approximate surface area is 121 Å². The fourth-order valence-electron chi connectivity index (χ4n) is 3.03. The minimum absolute atomic E-state index is 0.0138. The van der Waals surface area contributed by atoms with Crippen molar-refractivity contribution in [2.45, 2.75) is 26.2 Å². The van der Waals surface area contributed by atoms with E-state index in [2.05, 4.69) is 27.9 Å². The van der Waals surface area contributed by atoms with E-state index in [0.29, 0.717) is 5.82 Å². The Morgan fingerprint density at radius 3 is 2.90 bits per heavy atom. The van der Waals surface area contributed by atoms with Crippen molar-refractivity contribution in [1.29, 1.82) is 0 Å². The number of pyridine rings is 1. The first kappa shape index (κ1) is 12.3. The average molecular weight is 277 g/mol. The fraction of sp³-hybridized carbons (Fsp3) is 0.235. The standard InChI is InChI=1S/C17H15N3O/c1-10-9-15(18-13-7-3-2-5-11(10)13)16-19-14-8-4-6-12(14)17(21)20-16/h2-3,5,7,9H,4,6,8H2,1H3,(H,19,20,21). The highest BCUT2D eigenvalue weighted by Crippen LogP contribution is 2.23. The normalized spacial score (nSPS) is 13.6. The number of nitrogens with zero attached hydrogens (tertiary/aromatic N) is 2. The third kappa shape index (κ3) is 1.95. The summed E-state index contributed by atoms with van der Waals surface area (Å²) in [5.74, 6) is 0.578. The van der Waals surface area contributed by atoms with Gasteiger partial charge in [-0.3, -0.25) is 4.79 Å². The summed E-state index contributed by atoms with van der Waals surface area (Å²) in [6, 6.07) is 10.0. The summed E-state index contributed by atoms with van der Waals surface area (Å²) in [6.07, 6.45) is 2.74. The molecule has 4 nitrogen and oxygen atoms in total. The van der Waals surface area contributed by atoms with Gasteiger partial charge in [-0.1, -0.05) is 18.2 Å². The summed E-state index contributed by atoms with van der Waals surface area (Å²) >= 11 is 0. The van der Waals surface area contributed by atoms with Crippen molar-refractivity contribution in [1.82, 2.24) is 15.0 Å². The Morgan fingerprint density at radius 2 is 2.00 bits per heavy atom. The van der Waals surface area contributed by atoms with Gasteiger partial charge in [0.15, 0.2) is 5.82 Å². The molecule has 2 aromatic heterocycles. The van der Waals surface area contributed by atoms with E-state index >= 15 is 0 Å². The zero-order valence-electron chi connectivity index (χ0n) is 11.8. The molecule has 0 saturated heterocycles. The summed E-state index contributed by atoms with van der Waals surface area (Å²) in [6.45, 7) is 2.05. The molecule has 1 aliphatic rings. The van der Waals surface area contributed by atoms with Gasteiger partial charge >= 0.3 is 0 Å². The van der Waals surface area contributed by atoms with Crippen LogP contribution < -0.4 is 5.56 Å². The number of para-hydroxylation sites is 1. The highest BCUT2D eigenvalue weighted by molar-refractivity contribution is 5.84. The molecule has 0 radical (unpaired) electrons. The van der Waals surface area contributed by atoms with Crippen molar-refractivity contribution in [2.75, 3.05) is 0 Å². The largest absolute Gasteiger partial charge is 0.305 e. The van der Waals surface area contributed by atoms with Crippen LogP contribution >= 0.6 is 0 Å². The van der Waals surface area contributed by atoms with E-state index < -0.39 is 0 Å². The third-order valence-corrected chi connectivity index (χ3v) is 4.11. The number of aryl methyl sites for hydroxylation is 2. The number of fused-ring (bicyclic) bond motifs is 2. The Balaban J connectivity index is 1.95. The van der Waals surface area contributed by atoms with Crippen LogP contribution in [0, 0.1) is 6.92 Å². The van der Waals surface area contributed by atoms with Gasteiger partial charge in [-0.05, 0) is 43.9 Å². The van der Waals surface area contributed by atoms with Crippen LogP contribution in [-0.2, 0) is 12.8 Å². The first-order valence-electron chi connectivity index (χ1n) is 7.21. The van der Waals surface area contributed by atoms with Crippen LogP contribution in [0.25, 0.3) is 22.4 Å². The summed E-state index contributed by atoms with van der Waals surface area (Å²) in [5, 5.41) is 1.13. The summed E-state index contributed by atoms with van der Waals surface area (Å²) in [5.41, 5.74) is 4.56. The molecule has 0 unspecified atom stereocenters. The molecule has 3 aromatic rings. The molecule has 0 aliphatic heterocycles. The van der Waals surface area contributed by atoms with E-state index in [4.69, 9.17) is 0 Å². The van der Waals surface area contributed by atoms with Gasteiger partial charge in [0.25, 0.3) is 5.56 Å². The number of aromatic nitrogens is 3. The molecule has 0 bridgehead atoms. The number of benzene rings is 1. The van der Waals surface area contributed by atoms with Crippen molar-refractivity contribution in [3.05, 3.63) is 57.5 Å². The lowest BCUT2D eigenvalue weighted by molar-refractivity contribution is 0.899. The second kappa shape index (κ2) is 4.52. The maximum atomic E-state index is 12.1. The number of aromatic amines is 1. The molecule has 1 aromatic carbocycles. The first-order chi connectivity index (χ1) is 10.2. The first-order valence-corrected chi connectivity index (χ1v) is 7.21. The molecule has 2 heterocycles. The van der Waals surface area contributed by atoms with Crippen molar-refractivity contribution < 1.29 is 0 Å². The molecule has 21 heavy (non-hydrogen) atoms. The molecule has 4 heteroatoms. The van der Waals surface area contributed by atoms with Gasteiger partial charge in [-0.2, -0.15) is 0 Å². The molecule has 104 valence electrons. The average Bonchev–Trinajstić information content (AvgIpc) is 2.96. The molecule has 0 atom stereocenters. The van der Waals surface area contributed by atoms with E-state index in [1.165, 1.54) is 0 Å². The summed E-state index contributed by atoms with van der Waals surface area (Å²) < 4.78 is 0. The van der Waals surface area contributed by atoms with Crippen LogP contribution in [0.1, 0.15) is 23.2 Å². The van der Waals surface area contributed by atoms with Crippen LogP contribution in [0.5, 0.6) is 0 Å². The molecular formula is C17H15N3O. The molecular weight excluding hydrogens is 262 g/mol. The predicted octanol–water partition coefficient (Wildman–Crippen LogP) is 2.78. The van der Waals surface area contributed by atoms with Gasteiger partial charge in [0.2, 0.25) is 0 Å². The van der Waals surface area contributed by atoms with Crippen molar-refractivity contribution in [2.24, 2.45) is 0 Å². The molecule has 0 spiro atoms. The van der Waals surface area contributed by atoms with E-state index in [-0.39, 0.29) is 5.56 Å². The second-order valence-electron chi connectivity index (χ2n) is 5.53. The number of rotatable bonds is 1. The zero-order valence-corrected chi connectivity index (χ0v) is 11.8. The lowest BCUT2D eigenvalue weighted by atomic mass is 10.1. The van der Waals surface area contributed by atoms with E-state index in [0.717, 1.165) is 52.7 Å². The van der Waals surface area contributed by atoms with Crippen molar-refractivity contribution in [3.63, 3.8) is 0 Å². The van der Waals surface area contributed by atoms with Crippen LogP contribution in [0.3, 0.4) is 0 Å². The Hall–Kier alpha value is -2.49. The van der Waals surface area contributed by atoms with E-state index in [1.807, 2.05) is 24.3 Å². The van der Waals surface area contributed by atoms with Gasteiger partial charge in [0.05, 0.1) is 11.2 Å². The minimum Gasteiger partial charge on any atom is -0.305 e. The highest BCUT2D eigenvalue weighted by Gasteiger charge is 2.18. The van der Waals surface area contributed by atoms with Gasteiger partial charge in [-0.15, -0.1) is 0 Å². The third-order valence-electron chi connectivity index (χ3n) is 4.11. The zero-order chi connectivity index (χ0) is 14.4. The molecule has 1 aliphatic carbocycles. The van der Waals surface area contributed by atoms with Crippen LogP contribution in [0.4, 0.5) is 0 Å². The Morgan fingerprint density at radius 1 is 1.14 bits per heavy atom. The summed E-state index contributed by atoms with van der Waals surface area (Å²) in [4.78, 5) is 24.3. The smallest absolute Gasteiger partial charge is 0.254 e. The molecule has 1 N–H and O–H groups in total. The SMILES string of the molecule is Cc1cc(-c2nc3c(c(=O)[nH]2)CCC3)nc2ccccc12. The predicted molar refractivity (Wildman–Crippen MR) is 82.4 cm³/mol. The minimum atomic E-state index is -0.0138. The summed E-state index contributed by atoms with van der Waals surface area (Å²) in [7, 11) is 0. The van der Waals surface area contributed by atoms with E-state index in [9.17, 15) is 4.79 Å². The van der Waals surface area contributed by atoms with Gasteiger partial charge in [-0.25, -0.2) is 9.97 Å². The monoisotopic (exact) mass is 277 g/mol.